The van der Waals surface area contributed by atoms with Gasteiger partial charge in [-0.1, -0.05) is 11.6 Å². The van der Waals surface area contributed by atoms with Gasteiger partial charge in [0.05, 0.1) is 27.8 Å². The Morgan fingerprint density at radius 1 is 0.891 bits per heavy atom. The lowest BCUT2D eigenvalue weighted by Crippen LogP contribution is -2.61. The van der Waals surface area contributed by atoms with Crippen molar-refractivity contribution < 1.29 is 23.8 Å². The number of anilines is 1. The van der Waals surface area contributed by atoms with E-state index in [1.807, 2.05) is 45.0 Å². The van der Waals surface area contributed by atoms with Crippen molar-refractivity contribution in [1.29, 1.82) is 0 Å². The lowest BCUT2D eigenvalue weighted by Gasteiger charge is -2.55. The first-order valence-electron chi connectivity index (χ1n) is 15.6. The summed E-state index contributed by atoms with van der Waals surface area (Å²) in [6.45, 7) is 8.81. The molecule has 3 heterocycles. The number of fused-ring (bicyclic) bond motifs is 1. The number of hydrogen-bond donors (Lipinski definition) is 1. The Balaban J connectivity index is 1.14. The van der Waals surface area contributed by atoms with Crippen molar-refractivity contribution >= 4 is 40.4 Å². The number of rotatable bonds is 5. The average Bonchev–Trinajstić information content (AvgIpc) is 3.73. The molecule has 9 nitrogen and oxygen atoms in total. The summed E-state index contributed by atoms with van der Waals surface area (Å²) in [5.74, 6) is -1.88. The Labute approximate surface area is 270 Å². The summed E-state index contributed by atoms with van der Waals surface area (Å²) < 4.78 is 23.4. The number of ether oxygens (including phenoxy) is 1. The number of benzene rings is 3. The van der Waals surface area contributed by atoms with Crippen molar-refractivity contribution in [2.45, 2.75) is 57.6 Å². The molecule has 0 bridgehead atoms. The number of amides is 1. The van der Waals surface area contributed by atoms with Crippen molar-refractivity contribution in [3.63, 3.8) is 0 Å². The summed E-state index contributed by atoms with van der Waals surface area (Å²) in [5.41, 5.74) is 1.79. The van der Waals surface area contributed by atoms with Gasteiger partial charge in [0, 0.05) is 42.3 Å². The van der Waals surface area contributed by atoms with Crippen LogP contribution in [-0.4, -0.2) is 63.0 Å². The standard InChI is InChI=1S/C35H36ClFN4O5/c1-33(2,3)46-32(45)38-14-12-34(13-15-38)20-39(21-34)26-5-7-27(8-6-26)40-29-19-24(36)4-9-28(29)41(31(40)44)35(10-11-35)23-16-22(30(42)43)17-25(37)18-23/h4-9,16-19H,10-15,20-21H2,1-3H3,(H,42,43). The van der Waals surface area contributed by atoms with Crippen LogP contribution in [-0.2, 0) is 10.3 Å². The maximum Gasteiger partial charge on any atom is 0.410 e. The van der Waals surface area contributed by atoms with Crippen LogP contribution in [0.1, 0.15) is 62.4 Å². The topological polar surface area (TPSA) is 97.0 Å². The molecule has 1 saturated carbocycles. The summed E-state index contributed by atoms with van der Waals surface area (Å²) >= 11 is 6.41. The smallest absolute Gasteiger partial charge is 0.410 e. The summed E-state index contributed by atoms with van der Waals surface area (Å²) in [6.07, 6.45) is 2.75. The van der Waals surface area contributed by atoms with Gasteiger partial charge in [-0.05, 0) is 113 Å². The number of carbonyl (C=O) groups is 2. The van der Waals surface area contributed by atoms with E-state index in [2.05, 4.69) is 4.90 Å². The number of nitrogens with zero attached hydrogens (tertiary/aromatic N) is 4. The van der Waals surface area contributed by atoms with Gasteiger partial charge in [0.1, 0.15) is 11.4 Å². The summed E-state index contributed by atoms with van der Waals surface area (Å²) in [7, 11) is 0. The monoisotopic (exact) mass is 646 g/mol. The van der Waals surface area contributed by atoms with Crippen molar-refractivity contribution in [3.8, 4) is 5.69 Å². The van der Waals surface area contributed by atoms with E-state index in [-0.39, 0.29) is 22.8 Å². The number of hydrogen-bond acceptors (Lipinski definition) is 5. The molecule has 1 N–H and O–H groups in total. The minimum atomic E-state index is -1.22. The van der Waals surface area contributed by atoms with E-state index in [4.69, 9.17) is 16.3 Å². The van der Waals surface area contributed by atoms with Crippen LogP contribution in [0.2, 0.25) is 5.02 Å². The number of imidazole rings is 1. The molecule has 1 spiro atoms. The number of likely N-dealkylation sites (tertiary alicyclic amines) is 1. The zero-order chi connectivity index (χ0) is 32.6. The molecule has 3 aliphatic rings. The van der Waals surface area contributed by atoms with E-state index >= 15 is 0 Å². The van der Waals surface area contributed by atoms with Crippen LogP contribution >= 0.6 is 11.6 Å². The zero-order valence-electron chi connectivity index (χ0n) is 26.1. The fourth-order valence-electron chi connectivity index (χ4n) is 7.14. The number of piperidine rings is 1. The van der Waals surface area contributed by atoms with Crippen LogP contribution < -0.4 is 10.6 Å². The van der Waals surface area contributed by atoms with E-state index in [0.717, 1.165) is 37.7 Å². The van der Waals surface area contributed by atoms with Gasteiger partial charge in [0.15, 0.2) is 0 Å². The van der Waals surface area contributed by atoms with Crippen LogP contribution in [0.3, 0.4) is 0 Å². The van der Waals surface area contributed by atoms with Crippen LogP contribution in [0.4, 0.5) is 14.9 Å². The normalized spacial score (nSPS) is 18.5. The Kier molecular flexibility index (Phi) is 7.01. The molecule has 1 aliphatic carbocycles. The van der Waals surface area contributed by atoms with Gasteiger partial charge in [-0.2, -0.15) is 0 Å². The molecule has 46 heavy (non-hydrogen) atoms. The second-order valence-electron chi connectivity index (χ2n) is 14.0. The summed E-state index contributed by atoms with van der Waals surface area (Å²) in [4.78, 5) is 42.5. The molecule has 240 valence electrons. The van der Waals surface area contributed by atoms with Crippen LogP contribution in [0.25, 0.3) is 16.7 Å². The minimum absolute atomic E-state index is 0.155. The van der Waals surface area contributed by atoms with Gasteiger partial charge in [0.25, 0.3) is 0 Å². The quantitative estimate of drug-likeness (QED) is 0.261. The van der Waals surface area contributed by atoms with E-state index in [0.29, 0.717) is 53.2 Å². The van der Waals surface area contributed by atoms with Crippen LogP contribution in [0, 0.1) is 11.2 Å². The highest BCUT2D eigenvalue weighted by Crippen LogP contribution is 2.50. The molecule has 7 rings (SSSR count). The maximum atomic E-state index is 14.6. The second kappa shape index (κ2) is 10.6. The predicted molar refractivity (Wildman–Crippen MR) is 174 cm³/mol. The number of carbonyl (C=O) groups excluding carboxylic acids is 1. The number of carboxylic acid groups (broad SMARTS) is 1. The fraction of sp³-hybridized carbons (Fsp3) is 0.400. The van der Waals surface area contributed by atoms with Crippen molar-refractivity contribution in [2.24, 2.45) is 5.41 Å². The minimum Gasteiger partial charge on any atom is -0.478 e. The lowest BCUT2D eigenvalue weighted by atomic mass is 9.72. The molecule has 3 aromatic carbocycles. The highest BCUT2D eigenvalue weighted by molar-refractivity contribution is 6.31. The highest BCUT2D eigenvalue weighted by atomic mass is 35.5. The van der Waals surface area contributed by atoms with Gasteiger partial charge in [0.2, 0.25) is 0 Å². The molecule has 11 heteroatoms. The Bertz CT molecular complexity index is 1920. The largest absolute Gasteiger partial charge is 0.478 e. The Hall–Kier alpha value is -4.31. The predicted octanol–water partition coefficient (Wildman–Crippen LogP) is 6.66. The molecule has 0 atom stereocenters. The number of aromatic carboxylic acids is 1. The lowest BCUT2D eigenvalue weighted by molar-refractivity contribution is 0.00596. The molecule has 2 aliphatic heterocycles. The number of aromatic nitrogens is 2. The van der Waals surface area contributed by atoms with Crippen molar-refractivity contribution in [1.82, 2.24) is 14.0 Å². The Morgan fingerprint density at radius 2 is 1.54 bits per heavy atom. The SMILES string of the molecule is CC(C)(C)OC(=O)N1CCC2(CC1)CN(c1ccc(-n3c(=O)n(C4(c5cc(F)cc(C(=O)O)c5)CC4)c4ccc(Cl)cc43)cc1)C2. The zero-order valence-corrected chi connectivity index (χ0v) is 26.8. The molecule has 1 amide bonds. The number of halogens is 2. The third kappa shape index (κ3) is 5.22. The number of carboxylic acids is 1. The molecule has 4 aromatic rings. The van der Waals surface area contributed by atoms with Gasteiger partial charge >= 0.3 is 17.8 Å². The third-order valence-electron chi connectivity index (χ3n) is 9.64. The van der Waals surface area contributed by atoms with E-state index in [9.17, 15) is 23.9 Å². The third-order valence-corrected chi connectivity index (χ3v) is 9.87. The summed E-state index contributed by atoms with van der Waals surface area (Å²) in [5, 5.41) is 10.0. The first-order chi connectivity index (χ1) is 21.8. The van der Waals surface area contributed by atoms with Gasteiger partial charge < -0.3 is 19.6 Å². The van der Waals surface area contributed by atoms with Crippen LogP contribution in [0.15, 0.2) is 65.5 Å². The summed E-state index contributed by atoms with van der Waals surface area (Å²) in [6, 6.07) is 16.9. The van der Waals surface area contributed by atoms with E-state index < -0.39 is 22.9 Å². The highest BCUT2D eigenvalue weighted by Gasteiger charge is 2.49. The first-order valence-corrected chi connectivity index (χ1v) is 16.0. The molecule has 2 saturated heterocycles. The second-order valence-corrected chi connectivity index (χ2v) is 14.4. The van der Waals surface area contributed by atoms with Gasteiger partial charge in [-0.25, -0.2) is 18.8 Å². The van der Waals surface area contributed by atoms with Gasteiger partial charge in [-0.15, -0.1) is 0 Å². The van der Waals surface area contributed by atoms with E-state index in [1.165, 1.54) is 12.1 Å². The molecule has 3 fully saturated rings. The molecule has 1 aromatic heterocycles. The van der Waals surface area contributed by atoms with E-state index in [1.54, 1.807) is 32.2 Å². The van der Waals surface area contributed by atoms with Gasteiger partial charge in [-0.3, -0.25) is 9.13 Å². The molecule has 0 radical (unpaired) electrons. The van der Waals surface area contributed by atoms with Crippen molar-refractivity contribution in [2.75, 3.05) is 31.1 Å². The fourth-order valence-corrected chi connectivity index (χ4v) is 7.31. The maximum absolute atomic E-state index is 14.6. The molecule has 0 unspecified atom stereocenters. The molecular formula is C35H36ClFN4O5. The average molecular weight is 647 g/mol. The first kappa shape index (κ1) is 30.3. The van der Waals surface area contributed by atoms with Crippen LogP contribution in [0.5, 0.6) is 0 Å². The molecular weight excluding hydrogens is 611 g/mol. The van der Waals surface area contributed by atoms with Crippen molar-refractivity contribution in [3.05, 3.63) is 93.1 Å². The Morgan fingerprint density at radius 3 is 2.15 bits per heavy atom.